The van der Waals surface area contributed by atoms with Crippen molar-refractivity contribution < 1.29 is 14.3 Å². The molecule has 1 heterocycles. The average Bonchev–Trinajstić information content (AvgIpc) is 2.52. The zero-order valence-corrected chi connectivity index (χ0v) is 11.9. The van der Waals surface area contributed by atoms with Crippen molar-refractivity contribution in [3.63, 3.8) is 0 Å². The molecule has 0 bridgehead atoms. The molecule has 0 spiro atoms. The molecule has 5 nitrogen and oxygen atoms in total. The maximum absolute atomic E-state index is 11.0. The molecule has 110 valence electrons. The SMILES string of the molecule is COc1cccc(C=O)c1OCCCN1CCNCC1. The molecule has 0 aliphatic carbocycles. The molecule has 1 saturated heterocycles. The molecule has 2 rings (SSSR count). The van der Waals surface area contributed by atoms with Crippen LogP contribution < -0.4 is 14.8 Å². The molecule has 1 fully saturated rings. The summed E-state index contributed by atoms with van der Waals surface area (Å²) in [7, 11) is 1.58. The summed E-state index contributed by atoms with van der Waals surface area (Å²) in [4.78, 5) is 13.4. The number of piperazine rings is 1. The van der Waals surface area contributed by atoms with Gasteiger partial charge in [0.15, 0.2) is 17.8 Å². The fraction of sp³-hybridized carbons (Fsp3) is 0.533. The standard InChI is InChI=1S/C15H22N2O3/c1-19-14-5-2-4-13(12-18)15(14)20-11-3-8-17-9-6-16-7-10-17/h2,4-5,12,16H,3,6-11H2,1H3. The number of nitrogens with zero attached hydrogens (tertiary/aromatic N) is 1. The predicted octanol–water partition coefficient (Wildman–Crippen LogP) is 1.18. The molecule has 0 unspecified atom stereocenters. The van der Waals surface area contributed by atoms with Gasteiger partial charge in [0.1, 0.15) is 0 Å². The fourth-order valence-electron chi connectivity index (χ4n) is 2.34. The van der Waals surface area contributed by atoms with Crippen LogP contribution in [-0.4, -0.2) is 57.6 Å². The summed E-state index contributed by atoms with van der Waals surface area (Å²) in [5, 5.41) is 3.33. The Morgan fingerprint density at radius 2 is 2.15 bits per heavy atom. The molecular weight excluding hydrogens is 256 g/mol. The number of hydrogen-bond acceptors (Lipinski definition) is 5. The summed E-state index contributed by atoms with van der Waals surface area (Å²) in [5.41, 5.74) is 0.534. The number of benzene rings is 1. The molecule has 0 amide bonds. The number of methoxy groups -OCH3 is 1. The van der Waals surface area contributed by atoms with Crippen LogP contribution >= 0.6 is 0 Å². The van der Waals surface area contributed by atoms with E-state index < -0.39 is 0 Å². The lowest BCUT2D eigenvalue weighted by molar-refractivity contribution is 0.111. The highest BCUT2D eigenvalue weighted by Gasteiger charge is 2.11. The second kappa shape index (κ2) is 7.87. The summed E-state index contributed by atoms with van der Waals surface area (Å²) in [6, 6.07) is 5.33. The summed E-state index contributed by atoms with van der Waals surface area (Å²) in [6.45, 7) is 5.91. The number of ether oxygens (including phenoxy) is 2. The van der Waals surface area contributed by atoms with E-state index in [-0.39, 0.29) is 0 Å². The number of carbonyl (C=O) groups excluding carboxylic acids is 1. The van der Waals surface area contributed by atoms with E-state index >= 15 is 0 Å². The second-order valence-electron chi connectivity index (χ2n) is 4.79. The monoisotopic (exact) mass is 278 g/mol. The fourth-order valence-corrected chi connectivity index (χ4v) is 2.34. The Bertz CT molecular complexity index is 431. The van der Waals surface area contributed by atoms with Gasteiger partial charge in [-0.25, -0.2) is 0 Å². The first-order valence-corrected chi connectivity index (χ1v) is 7.03. The van der Waals surface area contributed by atoms with Crippen molar-refractivity contribution in [1.82, 2.24) is 10.2 Å². The van der Waals surface area contributed by atoms with Crippen LogP contribution in [-0.2, 0) is 0 Å². The first kappa shape index (κ1) is 14.8. The van der Waals surface area contributed by atoms with Crippen LogP contribution in [0.5, 0.6) is 11.5 Å². The number of para-hydroxylation sites is 1. The summed E-state index contributed by atoms with van der Waals surface area (Å²) < 4.78 is 11.0. The van der Waals surface area contributed by atoms with E-state index in [4.69, 9.17) is 9.47 Å². The molecule has 1 aromatic carbocycles. The Kier molecular flexibility index (Phi) is 5.83. The average molecular weight is 278 g/mol. The van der Waals surface area contributed by atoms with E-state index in [1.165, 1.54) is 0 Å². The van der Waals surface area contributed by atoms with Gasteiger partial charge in [-0.1, -0.05) is 6.07 Å². The number of hydrogen-bond donors (Lipinski definition) is 1. The Morgan fingerprint density at radius 3 is 2.85 bits per heavy atom. The first-order valence-electron chi connectivity index (χ1n) is 7.03. The lowest BCUT2D eigenvalue weighted by Gasteiger charge is -2.27. The minimum Gasteiger partial charge on any atom is -0.493 e. The van der Waals surface area contributed by atoms with Crippen molar-refractivity contribution in [3.05, 3.63) is 23.8 Å². The van der Waals surface area contributed by atoms with Gasteiger partial charge in [0.2, 0.25) is 0 Å². The van der Waals surface area contributed by atoms with Crippen LogP contribution in [0.3, 0.4) is 0 Å². The second-order valence-corrected chi connectivity index (χ2v) is 4.79. The normalized spacial score (nSPS) is 15.8. The zero-order chi connectivity index (χ0) is 14.2. The molecular formula is C15H22N2O3. The molecule has 0 aromatic heterocycles. The quantitative estimate of drug-likeness (QED) is 0.599. The van der Waals surface area contributed by atoms with E-state index in [9.17, 15) is 4.79 Å². The van der Waals surface area contributed by atoms with Crippen molar-refractivity contribution in [2.75, 3.05) is 46.4 Å². The number of aldehydes is 1. The number of rotatable bonds is 7. The van der Waals surface area contributed by atoms with Gasteiger partial charge in [0.05, 0.1) is 19.3 Å². The molecule has 0 atom stereocenters. The van der Waals surface area contributed by atoms with Gasteiger partial charge in [-0.05, 0) is 18.6 Å². The van der Waals surface area contributed by atoms with Crippen LogP contribution in [0.2, 0.25) is 0 Å². The predicted molar refractivity (Wildman–Crippen MR) is 77.8 cm³/mol. The van der Waals surface area contributed by atoms with Gasteiger partial charge >= 0.3 is 0 Å². The molecule has 0 saturated carbocycles. The van der Waals surface area contributed by atoms with Gasteiger partial charge in [0.25, 0.3) is 0 Å². The van der Waals surface area contributed by atoms with Crippen molar-refractivity contribution in [3.8, 4) is 11.5 Å². The van der Waals surface area contributed by atoms with Gasteiger partial charge in [-0.3, -0.25) is 4.79 Å². The smallest absolute Gasteiger partial charge is 0.171 e. The zero-order valence-electron chi connectivity index (χ0n) is 11.9. The molecule has 1 aliphatic heterocycles. The largest absolute Gasteiger partial charge is 0.493 e. The molecule has 1 N–H and O–H groups in total. The Morgan fingerprint density at radius 1 is 1.35 bits per heavy atom. The third-order valence-electron chi connectivity index (χ3n) is 3.43. The van der Waals surface area contributed by atoms with Crippen molar-refractivity contribution in [2.24, 2.45) is 0 Å². The lowest BCUT2D eigenvalue weighted by atomic mass is 10.2. The Hall–Kier alpha value is -1.59. The van der Waals surface area contributed by atoms with Gasteiger partial charge in [0, 0.05) is 32.7 Å². The summed E-state index contributed by atoms with van der Waals surface area (Å²) in [6.07, 6.45) is 1.74. The van der Waals surface area contributed by atoms with Crippen molar-refractivity contribution in [2.45, 2.75) is 6.42 Å². The molecule has 5 heteroatoms. The lowest BCUT2D eigenvalue weighted by Crippen LogP contribution is -2.43. The molecule has 1 aromatic rings. The maximum Gasteiger partial charge on any atom is 0.171 e. The molecule has 0 radical (unpaired) electrons. The van der Waals surface area contributed by atoms with Crippen molar-refractivity contribution >= 4 is 6.29 Å². The molecule has 20 heavy (non-hydrogen) atoms. The van der Waals surface area contributed by atoms with Gasteiger partial charge in [-0.15, -0.1) is 0 Å². The highest BCUT2D eigenvalue weighted by Crippen LogP contribution is 2.29. The Balaban J connectivity index is 1.82. The summed E-state index contributed by atoms with van der Waals surface area (Å²) >= 11 is 0. The third kappa shape index (κ3) is 3.95. The highest BCUT2D eigenvalue weighted by atomic mass is 16.5. The number of nitrogens with one attached hydrogen (secondary N) is 1. The van der Waals surface area contributed by atoms with Crippen molar-refractivity contribution in [1.29, 1.82) is 0 Å². The van der Waals surface area contributed by atoms with E-state index in [0.29, 0.717) is 23.7 Å². The maximum atomic E-state index is 11.0. The first-order chi connectivity index (χ1) is 9.85. The Labute approximate surface area is 119 Å². The van der Waals surface area contributed by atoms with Crippen LogP contribution in [0.1, 0.15) is 16.8 Å². The van der Waals surface area contributed by atoms with E-state index in [1.807, 2.05) is 0 Å². The van der Waals surface area contributed by atoms with Crippen LogP contribution in [0.4, 0.5) is 0 Å². The minimum atomic E-state index is 0.534. The summed E-state index contributed by atoms with van der Waals surface area (Å²) in [5.74, 6) is 1.15. The third-order valence-corrected chi connectivity index (χ3v) is 3.43. The highest BCUT2D eigenvalue weighted by molar-refractivity contribution is 5.81. The van der Waals surface area contributed by atoms with E-state index in [2.05, 4.69) is 10.2 Å². The van der Waals surface area contributed by atoms with E-state index in [0.717, 1.165) is 45.4 Å². The van der Waals surface area contributed by atoms with Crippen LogP contribution in [0.25, 0.3) is 0 Å². The minimum absolute atomic E-state index is 0.534. The van der Waals surface area contributed by atoms with E-state index in [1.54, 1.807) is 25.3 Å². The topological polar surface area (TPSA) is 50.8 Å². The number of carbonyl (C=O) groups is 1. The molecule has 1 aliphatic rings. The van der Waals surface area contributed by atoms with Crippen LogP contribution in [0, 0.1) is 0 Å². The van der Waals surface area contributed by atoms with Crippen LogP contribution in [0.15, 0.2) is 18.2 Å². The van der Waals surface area contributed by atoms with Gasteiger partial charge < -0.3 is 19.7 Å². The van der Waals surface area contributed by atoms with Gasteiger partial charge in [-0.2, -0.15) is 0 Å².